The maximum absolute atomic E-state index is 6.60. The van der Waals surface area contributed by atoms with Crippen LogP contribution >= 0.6 is 0 Å². The Kier molecular flexibility index (Phi) is 4.77. The van der Waals surface area contributed by atoms with Crippen LogP contribution in [0.2, 0.25) is 0 Å². The van der Waals surface area contributed by atoms with Gasteiger partial charge in [-0.15, -0.1) is 0 Å². The Hall–Kier alpha value is -5.08. The largest absolute Gasteiger partial charge is 0.457 e. The second kappa shape index (κ2) is 8.47. The van der Waals surface area contributed by atoms with Crippen molar-refractivity contribution in [3.05, 3.63) is 168 Å². The van der Waals surface area contributed by atoms with Gasteiger partial charge in [-0.2, -0.15) is 0 Å². The summed E-state index contributed by atoms with van der Waals surface area (Å²) < 4.78 is 13.2. The zero-order valence-corrected chi connectivity index (χ0v) is 21.2. The van der Waals surface area contributed by atoms with Crippen LogP contribution in [0.3, 0.4) is 0 Å². The molecular formula is C37H24O2. The van der Waals surface area contributed by atoms with Crippen LogP contribution in [-0.2, 0) is 5.41 Å². The van der Waals surface area contributed by atoms with E-state index in [1.807, 2.05) is 12.1 Å². The number of hydrogen-bond donors (Lipinski definition) is 0. The molecule has 0 unspecified atom stereocenters. The molecule has 6 aromatic carbocycles. The molecule has 0 saturated carbocycles. The Bertz CT molecular complexity index is 1720. The van der Waals surface area contributed by atoms with Gasteiger partial charge in [0.1, 0.15) is 23.0 Å². The highest BCUT2D eigenvalue weighted by atomic mass is 16.5. The van der Waals surface area contributed by atoms with Gasteiger partial charge in [0.25, 0.3) is 0 Å². The summed E-state index contributed by atoms with van der Waals surface area (Å²) in [6.07, 6.45) is 0. The molecule has 0 bridgehead atoms. The summed E-state index contributed by atoms with van der Waals surface area (Å²) in [4.78, 5) is 0. The monoisotopic (exact) mass is 500 g/mol. The molecule has 2 nitrogen and oxygen atoms in total. The van der Waals surface area contributed by atoms with Gasteiger partial charge in [0.2, 0.25) is 0 Å². The zero-order chi connectivity index (χ0) is 25.8. The van der Waals surface area contributed by atoms with Gasteiger partial charge in [-0.25, -0.2) is 0 Å². The predicted octanol–water partition coefficient (Wildman–Crippen LogP) is 9.61. The predicted molar refractivity (Wildman–Crippen MR) is 156 cm³/mol. The molecular weight excluding hydrogens is 476 g/mol. The first-order chi connectivity index (χ1) is 19.3. The first kappa shape index (κ1) is 22.0. The number of benzene rings is 6. The van der Waals surface area contributed by atoms with E-state index in [4.69, 9.17) is 9.47 Å². The fraction of sp³-hybridized carbons (Fsp3) is 0.0270. The molecule has 0 aromatic heterocycles. The number of para-hydroxylation sites is 2. The molecule has 1 spiro atoms. The quantitative estimate of drug-likeness (QED) is 0.235. The van der Waals surface area contributed by atoms with Gasteiger partial charge in [-0.3, -0.25) is 0 Å². The maximum atomic E-state index is 6.60. The molecule has 2 aliphatic heterocycles. The third-order valence-corrected chi connectivity index (χ3v) is 8.00. The minimum absolute atomic E-state index is 0.621. The van der Waals surface area contributed by atoms with Gasteiger partial charge in [-0.1, -0.05) is 109 Å². The number of hydrogen-bond acceptors (Lipinski definition) is 2. The fourth-order valence-electron chi connectivity index (χ4n) is 6.28. The summed E-state index contributed by atoms with van der Waals surface area (Å²) in [6.45, 7) is 0. The van der Waals surface area contributed by atoms with Crippen LogP contribution in [0.15, 0.2) is 146 Å². The summed E-state index contributed by atoms with van der Waals surface area (Å²) in [6, 6.07) is 51.1. The third-order valence-electron chi connectivity index (χ3n) is 8.00. The molecule has 184 valence electrons. The van der Waals surface area contributed by atoms with E-state index in [1.54, 1.807) is 0 Å². The van der Waals surface area contributed by atoms with E-state index >= 15 is 0 Å². The van der Waals surface area contributed by atoms with Gasteiger partial charge in [0.15, 0.2) is 0 Å². The van der Waals surface area contributed by atoms with Crippen molar-refractivity contribution in [2.24, 2.45) is 0 Å². The van der Waals surface area contributed by atoms with E-state index in [-0.39, 0.29) is 0 Å². The van der Waals surface area contributed by atoms with Gasteiger partial charge in [0.05, 0.1) is 5.41 Å². The first-order valence-corrected chi connectivity index (χ1v) is 13.3. The minimum atomic E-state index is -0.621. The van der Waals surface area contributed by atoms with E-state index < -0.39 is 5.41 Å². The van der Waals surface area contributed by atoms with Crippen LogP contribution in [0, 0.1) is 0 Å². The van der Waals surface area contributed by atoms with Crippen LogP contribution < -0.4 is 9.47 Å². The lowest BCUT2D eigenvalue weighted by molar-refractivity contribution is 0.399. The van der Waals surface area contributed by atoms with Crippen molar-refractivity contribution in [3.63, 3.8) is 0 Å². The molecule has 2 heterocycles. The summed E-state index contributed by atoms with van der Waals surface area (Å²) in [5, 5.41) is 0. The lowest BCUT2D eigenvalue weighted by Gasteiger charge is -2.45. The number of rotatable bonds is 2. The second-order valence-electron chi connectivity index (χ2n) is 10.1. The molecule has 8 rings (SSSR count). The van der Waals surface area contributed by atoms with E-state index in [1.165, 1.54) is 11.1 Å². The van der Waals surface area contributed by atoms with Crippen LogP contribution in [0.1, 0.15) is 22.3 Å². The van der Waals surface area contributed by atoms with Crippen molar-refractivity contribution in [1.82, 2.24) is 0 Å². The van der Waals surface area contributed by atoms with Crippen molar-refractivity contribution in [2.45, 2.75) is 5.41 Å². The summed E-state index contributed by atoms with van der Waals surface area (Å²) >= 11 is 0. The Morgan fingerprint density at radius 2 is 0.692 bits per heavy atom. The zero-order valence-electron chi connectivity index (χ0n) is 21.2. The highest BCUT2D eigenvalue weighted by Gasteiger charge is 2.50. The summed E-state index contributed by atoms with van der Waals surface area (Å²) in [5.74, 6) is 3.46. The third kappa shape index (κ3) is 3.22. The van der Waals surface area contributed by atoms with E-state index in [2.05, 4.69) is 133 Å². The van der Waals surface area contributed by atoms with Gasteiger partial charge < -0.3 is 9.47 Å². The molecule has 2 heteroatoms. The highest BCUT2D eigenvalue weighted by molar-refractivity contribution is 5.80. The summed E-state index contributed by atoms with van der Waals surface area (Å²) in [7, 11) is 0. The van der Waals surface area contributed by atoms with Crippen molar-refractivity contribution < 1.29 is 9.47 Å². The highest BCUT2D eigenvalue weighted by Crippen LogP contribution is 2.62. The van der Waals surface area contributed by atoms with Gasteiger partial charge in [-0.05, 0) is 58.7 Å². The fourth-order valence-corrected chi connectivity index (χ4v) is 6.28. The molecule has 0 atom stereocenters. The van der Waals surface area contributed by atoms with Crippen LogP contribution in [0.25, 0.3) is 22.3 Å². The molecule has 0 aliphatic carbocycles. The SMILES string of the molecule is c1ccc(-c2ccc3c(c2)C2(c4ccccc4O3)c3ccccc3Oc3ccc(-c4ccccc4)cc32)cc1. The number of fused-ring (bicyclic) bond motifs is 8. The molecule has 0 fully saturated rings. The van der Waals surface area contributed by atoms with E-state index in [0.29, 0.717) is 0 Å². The van der Waals surface area contributed by atoms with E-state index in [0.717, 1.165) is 56.4 Å². The molecule has 0 N–H and O–H groups in total. The molecule has 39 heavy (non-hydrogen) atoms. The summed E-state index contributed by atoms with van der Waals surface area (Å²) in [5.41, 5.74) is 8.50. The first-order valence-electron chi connectivity index (χ1n) is 13.3. The van der Waals surface area contributed by atoms with Gasteiger partial charge in [0, 0.05) is 22.3 Å². The minimum Gasteiger partial charge on any atom is -0.457 e. The van der Waals surface area contributed by atoms with Crippen molar-refractivity contribution in [2.75, 3.05) is 0 Å². The Morgan fingerprint density at radius 3 is 1.15 bits per heavy atom. The second-order valence-corrected chi connectivity index (χ2v) is 10.1. The standard InChI is InChI=1S/C37H24O2/c1-3-11-25(12-4-1)27-19-21-35-31(23-27)37(29-15-7-9-17-33(29)38-35)30-16-8-10-18-34(30)39-36-22-20-28(24-32(36)37)26-13-5-2-6-14-26/h1-24H. The topological polar surface area (TPSA) is 18.5 Å². The molecule has 6 aromatic rings. The van der Waals surface area contributed by atoms with Crippen molar-refractivity contribution in [1.29, 1.82) is 0 Å². The Balaban J connectivity index is 1.51. The normalized spacial score (nSPS) is 13.7. The van der Waals surface area contributed by atoms with Gasteiger partial charge >= 0.3 is 0 Å². The number of ether oxygens (including phenoxy) is 2. The molecule has 0 saturated heterocycles. The van der Waals surface area contributed by atoms with Crippen LogP contribution in [0.4, 0.5) is 0 Å². The average Bonchev–Trinajstić information content (AvgIpc) is 3.01. The Labute approximate surface area is 227 Å². The molecule has 0 radical (unpaired) electrons. The van der Waals surface area contributed by atoms with Crippen LogP contribution in [0.5, 0.6) is 23.0 Å². The van der Waals surface area contributed by atoms with Crippen molar-refractivity contribution in [3.8, 4) is 45.3 Å². The molecule has 0 amide bonds. The lowest BCUT2D eigenvalue weighted by atomic mass is 9.62. The Morgan fingerprint density at radius 1 is 0.308 bits per heavy atom. The van der Waals surface area contributed by atoms with Crippen LogP contribution in [-0.4, -0.2) is 0 Å². The van der Waals surface area contributed by atoms with E-state index in [9.17, 15) is 0 Å². The molecule has 2 aliphatic rings. The maximum Gasteiger partial charge on any atom is 0.132 e. The smallest absolute Gasteiger partial charge is 0.132 e. The average molecular weight is 501 g/mol. The lowest BCUT2D eigenvalue weighted by Crippen LogP contribution is -2.36. The van der Waals surface area contributed by atoms with Crippen molar-refractivity contribution >= 4 is 0 Å².